The number of likely N-dealkylation sites (N-methyl/N-ethyl adjacent to an activating group) is 1. The minimum absolute atomic E-state index is 0.0347. The van der Waals surface area contributed by atoms with Gasteiger partial charge in [-0.25, -0.2) is 0 Å². The minimum Gasteiger partial charge on any atom is -0.374 e. The van der Waals surface area contributed by atoms with Gasteiger partial charge in [-0.2, -0.15) is 5.10 Å². The van der Waals surface area contributed by atoms with Gasteiger partial charge in [0, 0.05) is 13.7 Å². The topological polar surface area (TPSA) is 39.1 Å². The summed E-state index contributed by atoms with van der Waals surface area (Å²) in [5, 5.41) is 8.37. The highest BCUT2D eigenvalue weighted by molar-refractivity contribution is 6.31. The van der Waals surface area contributed by atoms with Crippen molar-refractivity contribution in [2.75, 3.05) is 13.2 Å². The molecule has 0 fully saturated rings. The van der Waals surface area contributed by atoms with Gasteiger partial charge in [0.15, 0.2) is 0 Å². The normalized spacial score (nSPS) is 16.6. The quantitative estimate of drug-likeness (QED) is 0.830. The summed E-state index contributed by atoms with van der Waals surface area (Å²) in [5.41, 5.74) is 0.693. The fourth-order valence-corrected chi connectivity index (χ4v) is 2.55. The van der Waals surface area contributed by atoms with Gasteiger partial charge in [-0.1, -0.05) is 25.4 Å². The summed E-state index contributed by atoms with van der Waals surface area (Å²) in [6, 6.07) is 0.0347. The maximum Gasteiger partial charge on any atom is 0.0861 e. The predicted octanol–water partition coefficient (Wildman–Crippen LogP) is 2.93. The second kappa shape index (κ2) is 6.55. The lowest BCUT2D eigenvalue weighted by Crippen LogP contribution is -2.44. The van der Waals surface area contributed by atoms with Gasteiger partial charge in [0.25, 0.3) is 0 Å². The number of hydrogen-bond donors (Lipinski definition) is 1. The minimum atomic E-state index is -0.289. The van der Waals surface area contributed by atoms with E-state index >= 15 is 0 Å². The number of aromatic nitrogens is 2. The van der Waals surface area contributed by atoms with Crippen LogP contribution in [0.3, 0.4) is 0 Å². The largest absolute Gasteiger partial charge is 0.374 e. The first kappa shape index (κ1) is 15.5. The Bertz CT molecular complexity index is 361. The Labute approximate surface area is 115 Å². The molecule has 1 rings (SSSR count). The van der Waals surface area contributed by atoms with Crippen LogP contribution in [0.1, 0.15) is 45.9 Å². The van der Waals surface area contributed by atoms with E-state index in [1.807, 2.05) is 18.7 Å². The molecule has 4 nitrogen and oxygen atoms in total. The molecule has 0 amide bonds. The van der Waals surface area contributed by atoms with E-state index in [1.54, 1.807) is 6.20 Å². The molecule has 0 saturated heterocycles. The molecule has 0 aliphatic rings. The van der Waals surface area contributed by atoms with Gasteiger partial charge >= 0.3 is 0 Å². The summed E-state index contributed by atoms with van der Waals surface area (Å²) in [6.07, 6.45) is 2.59. The molecule has 5 heteroatoms. The number of ether oxygens (including phenoxy) is 1. The second-order valence-electron chi connectivity index (χ2n) is 4.59. The molecule has 0 aliphatic heterocycles. The molecule has 1 aromatic rings. The molecule has 18 heavy (non-hydrogen) atoms. The lowest BCUT2D eigenvalue weighted by Gasteiger charge is -2.37. The van der Waals surface area contributed by atoms with Crippen molar-refractivity contribution in [1.82, 2.24) is 15.1 Å². The van der Waals surface area contributed by atoms with Gasteiger partial charge in [0.2, 0.25) is 0 Å². The standard InChI is InChI=1S/C13H24ClN3O/c1-6-13(4,18-8-3)12(15-7-2)11-10(14)9-16-17(11)5/h9,12,15H,6-8H2,1-5H3. The van der Waals surface area contributed by atoms with Gasteiger partial charge in [0.05, 0.1) is 28.6 Å². The number of hydrogen-bond acceptors (Lipinski definition) is 3. The van der Waals surface area contributed by atoms with Gasteiger partial charge in [-0.3, -0.25) is 4.68 Å². The Balaban J connectivity index is 3.16. The third-order valence-electron chi connectivity index (χ3n) is 3.41. The lowest BCUT2D eigenvalue weighted by atomic mass is 9.90. The Morgan fingerprint density at radius 3 is 2.56 bits per heavy atom. The lowest BCUT2D eigenvalue weighted by molar-refractivity contribution is -0.0577. The van der Waals surface area contributed by atoms with Gasteiger partial charge in [-0.05, 0) is 26.8 Å². The molecular weight excluding hydrogens is 250 g/mol. The van der Waals surface area contributed by atoms with Crippen LogP contribution in [0.2, 0.25) is 5.02 Å². The summed E-state index contributed by atoms with van der Waals surface area (Å²) in [6.45, 7) is 9.88. The van der Waals surface area contributed by atoms with E-state index in [0.29, 0.717) is 11.6 Å². The van der Waals surface area contributed by atoms with E-state index in [1.165, 1.54) is 0 Å². The van der Waals surface area contributed by atoms with Crippen molar-refractivity contribution in [2.24, 2.45) is 7.05 Å². The first-order chi connectivity index (χ1) is 8.50. The monoisotopic (exact) mass is 273 g/mol. The Morgan fingerprint density at radius 1 is 1.50 bits per heavy atom. The third-order valence-corrected chi connectivity index (χ3v) is 3.70. The highest BCUT2D eigenvalue weighted by atomic mass is 35.5. The van der Waals surface area contributed by atoms with Crippen LogP contribution < -0.4 is 5.32 Å². The summed E-state index contributed by atoms with van der Waals surface area (Å²) in [4.78, 5) is 0. The number of aryl methyl sites for hydroxylation is 1. The average molecular weight is 274 g/mol. The number of rotatable bonds is 7. The van der Waals surface area contributed by atoms with Gasteiger partial charge in [-0.15, -0.1) is 0 Å². The van der Waals surface area contributed by atoms with Crippen LogP contribution in [-0.4, -0.2) is 28.5 Å². The molecule has 2 unspecified atom stereocenters. The van der Waals surface area contributed by atoms with E-state index in [4.69, 9.17) is 16.3 Å². The van der Waals surface area contributed by atoms with Gasteiger partial charge in [0.1, 0.15) is 0 Å². The molecule has 1 heterocycles. The maximum atomic E-state index is 6.26. The first-order valence-corrected chi connectivity index (χ1v) is 6.92. The fraction of sp³-hybridized carbons (Fsp3) is 0.769. The van der Waals surface area contributed by atoms with Crippen molar-refractivity contribution in [3.8, 4) is 0 Å². The van der Waals surface area contributed by atoms with Crippen LogP contribution in [0.25, 0.3) is 0 Å². The van der Waals surface area contributed by atoms with Gasteiger partial charge < -0.3 is 10.1 Å². The molecule has 0 saturated carbocycles. The van der Waals surface area contributed by atoms with E-state index in [9.17, 15) is 0 Å². The van der Waals surface area contributed by atoms with Crippen LogP contribution in [-0.2, 0) is 11.8 Å². The first-order valence-electron chi connectivity index (χ1n) is 6.54. The van der Waals surface area contributed by atoms with Crippen LogP contribution in [0.15, 0.2) is 6.20 Å². The summed E-state index contributed by atoms with van der Waals surface area (Å²) < 4.78 is 7.79. The molecule has 0 aromatic carbocycles. The summed E-state index contributed by atoms with van der Waals surface area (Å²) >= 11 is 6.26. The Kier molecular flexibility index (Phi) is 5.63. The molecule has 1 N–H and O–H groups in total. The van der Waals surface area contributed by atoms with Crippen molar-refractivity contribution < 1.29 is 4.74 Å². The van der Waals surface area contributed by atoms with Crippen LogP contribution in [0.5, 0.6) is 0 Å². The van der Waals surface area contributed by atoms with Crippen molar-refractivity contribution in [1.29, 1.82) is 0 Å². The fourth-order valence-electron chi connectivity index (χ4n) is 2.27. The smallest absolute Gasteiger partial charge is 0.0861 e. The summed E-state index contributed by atoms with van der Waals surface area (Å²) in [5.74, 6) is 0. The van der Waals surface area contributed by atoms with Crippen LogP contribution in [0, 0.1) is 0 Å². The van der Waals surface area contributed by atoms with Crippen molar-refractivity contribution in [2.45, 2.75) is 45.8 Å². The predicted molar refractivity (Wildman–Crippen MR) is 75.0 cm³/mol. The molecular formula is C13H24ClN3O. The van der Waals surface area contributed by atoms with E-state index in [2.05, 4.69) is 31.2 Å². The third kappa shape index (κ3) is 3.05. The highest BCUT2D eigenvalue weighted by Gasteiger charge is 2.37. The van der Waals surface area contributed by atoms with Crippen molar-refractivity contribution in [3.05, 3.63) is 16.9 Å². The average Bonchev–Trinajstić information content (AvgIpc) is 2.66. The molecule has 1 aromatic heterocycles. The van der Waals surface area contributed by atoms with Crippen LogP contribution in [0.4, 0.5) is 0 Å². The maximum absolute atomic E-state index is 6.26. The van der Waals surface area contributed by atoms with E-state index < -0.39 is 0 Å². The SMILES string of the molecule is CCNC(c1c(Cl)cnn1C)C(C)(CC)OCC. The molecule has 2 atom stereocenters. The number of nitrogens with one attached hydrogen (secondary N) is 1. The molecule has 0 radical (unpaired) electrons. The zero-order valence-electron chi connectivity index (χ0n) is 12.0. The molecule has 0 bridgehead atoms. The zero-order valence-corrected chi connectivity index (χ0v) is 12.7. The Hall–Kier alpha value is -0.580. The van der Waals surface area contributed by atoms with Crippen LogP contribution >= 0.6 is 11.6 Å². The molecule has 0 aliphatic carbocycles. The van der Waals surface area contributed by atoms with Crippen molar-refractivity contribution in [3.63, 3.8) is 0 Å². The molecule has 104 valence electrons. The van der Waals surface area contributed by atoms with Crippen molar-refractivity contribution >= 4 is 11.6 Å². The highest BCUT2D eigenvalue weighted by Crippen LogP contribution is 2.35. The van der Waals surface area contributed by atoms with E-state index in [0.717, 1.165) is 18.7 Å². The summed E-state index contributed by atoms with van der Waals surface area (Å²) in [7, 11) is 1.91. The molecule has 0 spiro atoms. The second-order valence-corrected chi connectivity index (χ2v) is 5.00. The number of nitrogens with zero attached hydrogens (tertiary/aromatic N) is 2. The van der Waals surface area contributed by atoms with E-state index in [-0.39, 0.29) is 11.6 Å². The Morgan fingerprint density at radius 2 is 2.17 bits per heavy atom. The zero-order chi connectivity index (χ0) is 13.8. The number of halogens is 1.